The molecule has 50 heavy (non-hydrogen) atoms. The minimum Gasteiger partial charge on any atom is -0.497 e. The van der Waals surface area contributed by atoms with Crippen LogP contribution in [0, 0.1) is 11.3 Å². The maximum atomic E-state index is 11.5. The summed E-state index contributed by atoms with van der Waals surface area (Å²) in [5, 5.41) is 36.5. The molecule has 11 nitrogen and oxygen atoms in total. The van der Waals surface area contributed by atoms with Crippen molar-refractivity contribution >= 4 is 22.5 Å². The number of hydrogen-bond donors (Lipinski definition) is 3. The van der Waals surface area contributed by atoms with Gasteiger partial charge in [-0.2, -0.15) is 5.26 Å². The van der Waals surface area contributed by atoms with Crippen molar-refractivity contribution in [2.45, 2.75) is 30.1 Å². The van der Waals surface area contributed by atoms with Gasteiger partial charge < -0.3 is 39.0 Å². The molecule has 0 spiro atoms. The van der Waals surface area contributed by atoms with Crippen molar-refractivity contribution in [3.8, 4) is 28.7 Å². The number of hydrogen-bond acceptors (Lipinski definition) is 10. The number of ether oxygens (including phenoxy) is 4. The van der Waals surface area contributed by atoms with Crippen molar-refractivity contribution in [2.75, 3.05) is 26.1 Å². The van der Waals surface area contributed by atoms with Gasteiger partial charge in [0.2, 0.25) is 0 Å². The van der Waals surface area contributed by atoms with Gasteiger partial charge in [0.25, 0.3) is 0 Å². The van der Waals surface area contributed by atoms with Crippen LogP contribution in [-0.2, 0) is 15.1 Å². The predicted octanol–water partition coefficient (Wildman–Crippen LogP) is 5.67. The van der Waals surface area contributed by atoms with E-state index in [0.29, 0.717) is 28.5 Å². The molecule has 250 valence electrons. The first-order chi connectivity index (χ1) is 24.4. The molecule has 1 saturated heterocycles. The van der Waals surface area contributed by atoms with Gasteiger partial charge in [-0.25, -0.2) is 9.97 Å². The third-order valence-electron chi connectivity index (χ3n) is 9.55. The molecule has 8 rings (SSSR count). The Morgan fingerprint density at radius 1 is 0.840 bits per heavy atom. The van der Waals surface area contributed by atoms with Gasteiger partial charge >= 0.3 is 0 Å². The summed E-state index contributed by atoms with van der Waals surface area (Å²) in [5.74, 6) is 1.97. The molecule has 3 N–H and O–H groups in total. The molecular weight excluding hydrogens is 634 g/mol. The van der Waals surface area contributed by atoms with E-state index in [1.807, 2.05) is 91.1 Å². The Balaban J connectivity index is 1.17. The Hall–Kier alpha value is -5.77. The Morgan fingerprint density at radius 3 is 2.14 bits per heavy atom. The van der Waals surface area contributed by atoms with Crippen LogP contribution in [0.1, 0.15) is 28.5 Å². The number of nitrogens with one attached hydrogen (secondary N) is 1. The first kappa shape index (κ1) is 31.5. The fourth-order valence-corrected chi connectivity index (χ4v) is 7.04. The number of nitrogens with zero attached hydrogens (tertiary/aromatic N) is 4. The van der Waals surface area contributed by atoms with Crippen LogP contribution in [0.5, 0.6) is 11.5 Å². The summed E-state index contributed by atoms with van der Waals surface area (Å²) in [4.78, 5) is 8.99. The summed E-state index contributed by atoms with van der Waals surface area (Å²) in [6, 6.07) is 32.7. The lowest BCUT2D eigenvalue weighted by molar-refractivity contribution is -0.0941. The third kappa shape index (κ3) is 5.05. The van der Waals surface area contributed by atoms with Gasteiger partial charge in [0.05, 0.1) is 37.8 Å². The molecule has 0 unspecified atom stereocenters. The molecule has 0 bridgehead atoms. The summed E-state index contributed by atoms with van der Waals surface area (Å²) < 4.78 is 26.1. The van der Waals surface area contributed by atoms with Gasteiger partial charge in [-0.05, 0) is 53.1 Å². The van der Waals surface area contributed by atoms with Crippen molar-refractivity contribution in [3.05, 3.63) is 132 Å². The maximum absolute atomic E-state index is 11.5. The van der Waals surface area contributed by atoms with E-state index in [2.05, 4.69) is 21.4 Å². The third-order valence-corrected chi connectivity index (χ3v) is 9.55. The van der Waals surface area contributed by atoms with Gasteiger partial charge in [-0.3, -0.25) is 0 Å². The monoisotopic (exact) mass is 667 g/mol. The molecule has 2 aromatic heterocycles. The lowest BCUT2D eigenvalue weighted by Gasteiger charge is -2.37. The van der Waals surface area contributed by atoms with E-state index in [4.69, 9.17) is 18.9 Å². The first-order valence-corrected chi connectivity index (χ1v) is 16.1. The van der Waals surface area contributed by atoms with Crippen molar-refractivity contribution < 1.29 is 29.2 Å². The van der Waals surface area contributed by atoms with E-state index in [1.54, 1.807) is 30.9 Å². The highest BCUT2D eigenvalue weighted by molar-refractivity contribution is 6.08. The van der Waals surface area contributed by atoms with Crippen molar-refractivity contribution in [2.24, 2.45) is 0 Å². The molecule has 0 amide bonds. The topological polar surface area (TPSA) is 144 Å². The van der Waals surface area contributed by atoms with E-state index in [-0.39, 0.29) is 6.61 Å². The molecule has 0 saturated carbocycles. The van der Waals surface area contributed by atoms with E-state index < -0.39 is 30.1 Å². The SMILES string of the molecule is COc1ccc(C(OC[C@H]2O[C@@H](n3cc4c5c(ncnc53)Nc3cc(C#N)ccc3-4)[C@H](O)[C@@H]2O)(c2ccccc2)c2ccc(OC)cc2)cc1. The van der Waals surface area contributed by atoms with Crippen LogP contribution in [0.2, 0.25) is 0 Å². The normalized spacial score (nSPS) is 19.4. The molecule has 11 heteroatoms. The standard InChI is InChI=1S/C39H33N5O6/c1-47-27-13-9-25(10-14-27)39(24-6-4-3-5-7-24,26-11-15-28(48-2)16-12-26)49-21-32-34(45)35(46)38(50-32)44-20-30-29-17-8-23(19-40)18-31(29)43-36-33(30)37(44)42-22-41-36/h3-18,20,22,32,34-35,38,45-46H,21H2,1-2H3,(H,41,42,43)/t32-,34-,35-,38-/m1/s1. The number of fused-ring (bicyclic) bond motifs is 2. The second-order valence-corrected chi connectivity index (χ2v) is 12.2. The van der Waals surface area contributed by atoms with E-state index in [9.17, 15) is 15.5 Å². The van der Waals surface area contributed by atoms with Gasteiger partial charge in [-0.1, -0.05) is 60.7 Å². The Bertz CT molecular complexity index is 2170. The number of benzene rings is 4. The van der Waals surface area contributed by atoms with Crippen molar-refractivity contribution in [1.29, 1.82) is 5.26 Å². The van der Waals surface area contributed by atoms with Crippen LogP contribution in [0.15, 0.2) is 110 Å². The molecular formula is C39H33N5O6. The first-order valence-electron chi connectivity index (χ1n) is 16.1. The second kappa shape index (κ2) is 12.6. The smallest absolute Gasteiger partial charge is 0.164 e. The van der Waals surface area contributed by atoms with Crippen LogP contribution in [0.3, 0.4) is 0 Å². The Kier molecular flexibility index (Phi) is 7.94. The molecule has 0 aliphatic carbocycles. The van der Waals surface area contributed by atoms with Crippen LogP contribution < -0.4 is 14.8 Å². The van der Waals surface area contributed by atoms with E-state index in [0.717, 1.165) is 38.9 Å². The van der Waals surface area contributed by atoms with E-state index in [1.165, 1.54) is 6.33 Å². The number of nitriles is 1. The maximum Gasteiger partial charge on any atom is 0.164 e. The van der Waals surface area contributed by atoms with Crippen molar-refractivity contribution in [1.82, 2.24) is 14.5 Å². The van der Waals surface area contributed by atoms with Gasteiger partial charge in [0, 0.05) is 23.0 Å². The summed E-state index contributed by atoms with van der Waals surface area (Å²) in [5.41, 5.74) is 4.83. The van der Waals surface area contributed by atoms with Crippen LogP contribution in [0.4, 0.5) is 11.5 Å². The van der Waals surface area contributed by atoms with Crippen LogP contribution >= 0.6 is 0 Å². The minimum atomic E-state index is -1.30. The zero-order chi connectivity index (χ0) is 34.4. The molecule has 4 aromatic carbocycles. The van der Waals surface area contributed by atoms with Gasteiger partial charge in [0.1, 0.15) is 53.2 Å². The molecule has 4 heterocycles. The fraction of sp³-hybridized carbons (Fsp3) is 0.205. The molecule has 1 fully saturated rings. The highest BCUT2D eigenvalue weighted by Crippen LogP contribution is 2.46. The summed E-state index contributed by atoms with van der Waals surface area (Å²) >= 11 is 0. The summed E-state index contributed by atoms with van der Waals surface area (Å²) in [6.07, 6.45) is -1.19. The lowest BCUT2D eigenvalue weighted by atomic mass is 9.80. The number of aliphatic hydroxyl groups excluding tert-OH is 2. The molecule has 0 radical (unpaired) electrons. The molecule has 2 aliphatic rings. The Morgan fingerprint density at radius 2 is 1.50 bits per heavy atom. The van der Waals surface area contributed by atoms with Crippen LogP contribution in [0.25, 0.3) is 22.2 Å². The zero-order valence-electron chi connectivity index (χ0n) is 27.2. The number of aliphatic hydroxyl groups is 2. The highest BCUT2D eigenvalue weighted by Gasteiger charge is 2.47. The zero-order valence-corrected chi connectivity index (χ0v) is 27.2. The largest absolute Gasteiger partial charge is 0.497 e. The predicted molar refractivity (Wildman–Crippen MR) is 185 cm³/mol. The van der Waals surface area contributed by atoms with Crippen molar-refractivity contribution in [3.63, 3.8) is 0 Å². The number of aromatic nitrogens is 3. The fourth-order valence-electron chi connectivity index (χ4n) is 7.04. The van der Waals surface area contributed by atoms with E-state index >= 15 is 0 Å². The number of anilines is 2. The quantitative estimate of drug-likeness (QED) is 0.165. The number of rotatable bonds is 9. The average Bonchev–Trinajstić information content (AvgIpc) is 3.69. The molecule has 2 aliphatic heterocycles. The van der Waals surface area contributed by atoms with Gasteiger partial charge in [-0.15, -0.1) is 0 Å². The highest BCUT2D eigenvalue weighted by atomic mass is 16.6. The molecule has 4 atom stereocenters. The second-order valence-electron chi connectivity index (χ2n) is 12.2. The Labute approximate surface area is 287 Å². The summed E-state index contributed by atoms with van der Waals surface area (Å²) in [6.45, 7) is -0.0741. The minimum absolute atomic E-state index is 0.0741. The van der Waals surface area contributed by atoms with Crippen LogP contribution in [-0.4, -0.2) is 63.9 Å². The average molecular weight is 668 g/mol. The summed E-state index contributed by atoms with van der Waals surface area (Å²) in [7, 11) is 3.24. The van der Waals surface area contributed by atoms with Gasteiger partial charge in [0.15, 0.2) is 6.23 Å². The lowest BCUT2D eigenvalue weighted by Crippen LogP contribution is -2.39. The number of methoxy groups -OCH3 is 2. The molecule has 6 aromatic rings.